The first kappa shape index (κ1) is 15.5. The van der Waals surface area contributed by atoms with E-state index >= 15 is 0 Å². The van der Waals surface area contributed by atoms with E-state index in [1.165, 1.54) is 0 Å². The Kier molecular flexibility index (Phi) is 3.82. The van der Waals surface area contributed by atoms with Crippen LogP contribution in [0.15, 0.2) is 42.5 Å². The maximum absolute atomic E-state index is 6.15. The van der Waals surface area contributed by atoms with Gasteiger partial charge in [-0.2, -0.15) is 4.98 Å². The highest BCUT2D eigenvalue weighted by Gasteiger charge is 2.18. The maximum Gasteiger partial charge on any atom is 0.222 e. The Morgan fingerprint density at radius 2 is 1.52 bits per heavy atom. The second-order valence-corrected chi connectivity index (χ2v) is 5.99. The van der Waals surface area contributed by atoms with Gasteiger partial charge >= 0.3 is 0 Å². The Balaban J connectivity index is 1.90. The zero-order valence-electron chi connectivity index (χ0n) is 13.2. The maximum atomic E-state index is 6.15. The minimum absolute atomic E-state index is 0.111. The average molecular weight is 355 g/mol. The largest absolute Gasteiger partial charge is 0.486 e. The summed E-state index contributed by atoms with van der Waals surface area (Å²) in [6.45, 7) is 1.05. The fourth-order valence-corrected chi connectivity index (χ4v) is 2.92. The number of nitrogens with two attached hydrogens (primary N) is 2. The number of anilines is 2. The van der Waals surface area contributed by atoms with E-state index in [0.717, 1.165) is 11.1 Å². The summed E-state index contributed by atoms with van der Waals surface area (Å²) in [4.78, 5) is 8.51. The second kappa shape index (κ2) is 6.14. The van der Waals surface area contributed by atoms with Gasteiger partial charge in [0.1, 0.15) is 19.0 Å². The van der Waals surface area contributed by atoms with Crippen molar-refractivity contribution < 1.29 is 9.47 Å². The minimum Gasteiger partial charge on any atom is -0.486 e. The molecule has 0 atom stereocenters. The molecule has 4 rings (SSSR count). The van der Waals surface area contributed by atoms with Crippen molar-refractivity contribution in [3.05, 3.63) is 47.5 Å². The summed E-state index contributed by atoms with van der Waals surface area (Å²) in [7, 11) is 0. The van der Waals surface area contributed by atoms with E-state index in [1.807, 2.05) is 30.3 Å². The number of ether oxygens (including phenoxy) is 2. The molecule has 4 N–H and O–H groups in total. The van der Waals surface area contributed by atoms with Crippen LogP contribution in [0.3, 0.4) is 0 Å². The van der Waals surface area contributed by atoms with Crippen molar-refractivity contribution in [2.24, 2.45) is 0 Å². The third-order valence-corrected chi connectivity index (χ3v) is 4.15. The van der Waals surface area contributed by atoms with Gasteiger partial charge in [0.25, 0.3) is 0 Å². The number of nitrogens with zero attached hydrogens (tertiary/aromatic N) is 2. The number of nitrogen functional groups attached to an aromatic ring is 2. The van der Waals surface area contributed by atoms with Crippen LogP contribution in [-0.4, -0.2) is 23.2 Å². The van der Waals surface area contributed by atoms with E-state index in [4.69, 9.17) is 32.5 Å². The van der Waals surface area contributed by atoms with Crippen LogP contribution >= 0.6 is 11.6 Å². The third kappa shape index (κ3) is 2.92. The Bertz CT molecular complexity index is 945. The van der Waals surface area contributed by atoms with Crippen molar-refractivity contribution in [1.29, 1.82) is 0 Å². The lowest BCUT2D eigenvalue weighted by atomic mass is 9.99. The van der Waals surface area contributed by atoms with Crippen molar-refractivity contribution in [1.82, 2.24) is 9.97 Å². The first-order valence-corrected chi connectivity index (χ1v) is 8.08. The van der Waals surface area contributed by atoms with Crippen LogP contribution in [0, 0.1) is 0 Å². The lowest BCUT2D eigenvalue weighted by molar-refractivity contribution is 0.171. The van der Waals surface area contributed by atoms with Gasteiger partial charge in [-0.25, -0.2) is 4.98 Å². The molecule has 2 heterocycles. The molecular weight excluding hydrogens is 340 g/mol. The molecule has 25 heavy (non-hydrogen) atoms. The molecule has 1 aliphatic heterocycles. The van der Waals surface area contributed by atoms with Gasteiger partial charge in [0.15, 0.2) is 11.5 Å². The molecule has 1 aromatic heterocycles. The van der Waals surface area contributed by atoms with Gasteiger partial charge < -0.3 is 20.9 Å². The van der Waals surface area contributed by atoms with Gasteiger partial charge in [-0.3, -0.25) is 0 Å². The molecule has 0 bridgehead atoms. The molecule has 0 amide bonds. The van der Waals surface area contributed by atoms with Crippen LogP contribution in [0.25, 0.3) is 22.4 Å². The summed E-state index contributed by atoms with van der Waals surface area (Å²) in [5.41, 5.74) is 15.0. The van der Waals surface area contributed by atoms with Crippen LogP contribution in [-0.2, 0) is 0 Å². The first-order valence-electron chi connectivity index (χ1n) is 7.71. The van der Waals surface area contributed by atoms with Crippen LogP contribution < -0.4 is 20.9 Å². The number of rotatable bonds is 2. The van der Waals surface area contributed by atoms with Crippen molar-refractivity contribution in [3.63, 3.8) is 0 Å². The van der Waals surface area contributed by atoms with Gasteiger partial charge in [0.05, 0.1) is 11.3 Å². The Morgan fingerprint density at radius 3 is 2.28 bits per heavy atom. The normalized spacial score (nSPS) is 12.8. The van der Waals surface area contributed by atoms with Crippen LogP contribution in [0.1, 0.15) is 0 Å². The van der Waals surface area contributed by atoms with Gasteiger partial charge in [-0.05, 0) is 35.9 Å². The topological polar surface area (TPSA) is 96.3 Å². The SMILES string of the molecule is Nc1nc(N)c(-c2ccc(Cl)cc2)c(-c2ccc3c(c2)OCCO3)n1. The van der Waals surface area contributed by atoms with E-state index in [-0.39, 0.29) is 5.95 Å². The molecule has 0 spiro atoms. The fourth-order valence-electron chi connectivity index (χ4n) is 2.80. The highest BCUT2D eigenvalue weighted by atomic mass is 35.5. The van der Waals surface area contributed by atoms with Gasteiger partial charge in [0.2, 0.25) is 5.95 Å². The molecule has 0 radical (unpaired) electrons. The smallest absolute Gasteiger partial charge is 0.222 e. The highest BCUT2D eigenvalue weighted by Crippen LogP contribution is 2.39. The summed E-state index contributed by atoms with van der Waals surface area (Å²) in [5.74, 6) is 1.79. The van der Waals surface area contributed by atoms with E-state index in [1.54, 1.807) is 12.1 Å². The molecule has 0 fully saturated rings. The molecule has 0 aliphatic carbocycles. The standard InChI is InChI=1S/C18H15ClN4O2/c19-12-4-1-10(2-5-12)15-16(22-18(21)23-17(15)20)11-3-6-13-14(9-11)25-8-7-24-13/h1-6,9H,7-8H2,(H4,20,21,22,23). The predicted molar refractivity (Wildman–Crippen MR) is 97.7 cm³/mol. The van der Waals surface area contributed by atoms with E-state index in [9.17, 15) is 0 Å². The Morgan fingerprint density at radius 1 is 0.840 bits per heavy atom. The summed E-state index contributed by atoms with van der Waals surface area (Å²) >= 11 is 5.99. The van der Waals surface area contributed by atoms with Gasteiger partial charge in [-0.1, -0.05) is 23.7 Å². The Hall–Kier alpha value is -2.99. The van der Waals surface area contributed by atoms with Gasteiger partial charge in [0, 0.05) is 10.6 Å². The van der Waals surface area contributed by atoms with E-state index < -0.39 is 0 Å². The van der Waals surface area contributed by atoms with Gasteiger partial charge in [-0.15, -0.1) is 0 Å². The molecule has 2 aromatic carbocycles. The zero-order chi connectivity index (χ0) is 17.4. The zero-order valence-corrected chi connectivity index (χ0v) is 14.0. The molecule has 7 heteroatoms. The third-order valence-electron chi connectivity index (χ3n) is 3.90. The number of hydrogen-bond donors (Lipinski definition) is 2. The van der Waals surface area contributed by atoms with Crippen LogP contribution in [0.5, 0.6) is 11.5 Å². The lowest BCUT2D eigenvalue weighted by Crippen LogP contribution is -2.15. The van der Waals surface area contributed by atoms with Crippen molar-refractivity contribution in [2.45, 2.75) is 0 Å². The molecule has 6 nitrogen and oxygen atoms in total. The molecule has 0 saturated heterocycles. The summed E-state index contributed by atoms with van der Waals surface area (Å²) in [6, 6.07) is 12.9. The molecule has 0 saturated carbocycles. The highest BCUT2D eigenvalue weighted by molar-refractivity contribution is 6.30. The average Bonchev–Trinajstić information content (AvgIpc) is 2.62. The number of fused-ring (bicyclic) bond motifs is 1. The van der Waals surface area contributed by atoms with Crippen molar-refractivity contribution in [3.8, 4) is 33.9 Å². The summed E-state index contributed by atoms with van der Waals surface area (Å²) < 4.78 is 11.2. The molecule has 0 unspecified atom stereocenters. The molecule has 3 aromatic rings. The Labute approximate surface area is 149 Å². The number of hydrogen-bond acceptors (Lipinski definition) is 6. The summed E-state index contributed by atoms with van der Waals surface area (Å²) in [5, 5.41) is 0.638. The monoisotopic (exact) mass is 354 g/mol. The molecule has 126 valence electrons. The fraction of sp³-hybridized carbons (Fsp3) is 0.111. The number of aromatic nitrogens is 2. The van der Waals surface area contributed by atoms with Crippen molar-refractivity contribution in [2.75, 3.05) is 24.7 Å². The summed E-state index contributed by atoms with van der Waals surface area (Å²) in [6.07, 6.45) is 0. The number of halogens is 1. The van der Waals surface area contributed by atoms with E-state index in [2.05, 4.69) is 9.97 Å². The molecular formula is C18H15ClN4O2. The van der Waals surface area contributed by atoms with Crippen LogP contribution in [0.2, 0.25) is 5.02 Å². The second-order valence-electron chi connectivity index (χ2n) is 5.56. The quantitative estimate of drug-likeness (QED) is 0.732. The lowest BCUT2D eigenvalue weighted by Gasteiger charge is -2.19. The molecule has 1 aliphatic rings. The predicted octanol–water partition coefficient (Wildman–Crippen LogP) is 3.40. The minimum atomic E-state index is 0.111. The first-order chi connectivity index (χ1) is 12.1. The van der Waals surface area contributed by atoms with Crippen LogP contribution in [0.4, 0.5) is 11.8 Å². The van der Waals surface area contributed by atoms with E-state index in [0.29, 0.717) is 46.8 Å². The number of benzene rings is 2. The van der Waals surface area contributed by atoms with Crippen molar-refractivity contribution >= 4 is 23.4 Å².